The Bertz CT molecular complexity index is 709. The molecule has 0 radical (unpaired) electrons. The highest BCUT2D eigenvalue weighted by molar-refractivity contribution is 7.13. The van der Waals surface area contributed by atoms with E-state index in [1.165, 1.54) is 11.3 Å². The molecule has 0 spiro atoms. The Hall–Kier alpha value is -1.32. The summed E-state index contributed by atoms with van der Waals surface area (Å²) >= 11 is 9.05. The van der Waals surface area contributed by atoms with Crippen LogP contribution >= 0.6 is 34.3 Å². The first-order valence-electron chi connectivity index (χ1n) is 6.19. The lowest BCUT2D eigenvalue weighted by molar-refractivity contribution is 0.0791. The van der Waals surface area contributed by atoms with Crippen molar-refractivity contribution in [3.63, 3.8) is 0 Å². The summed E-state index contributed by atoms with van der Waals surface area (Å²) < 4.78 is 0. The quantitative estimate of drug-likeness (QED) is 0.871. The molecular weight excluding hydrogens is 326 g/mol. The fraction of sp³-hybridized carbons (Fsp3) is 0.267. The van der Waals surface area contributed by atoms with E-state index in [1.54, 1.807) is 23.3 Å². The maximum atomic E-state index is 12.4. The van der Waals surface area contributed by atoms with Gasteiger partial charge < -0.3 is 10.0 Å². The predicted molar refractivity (Wildman–Crippen MR) is 88.1 cm³/mol. The van der Waals surface area contributed by atoms with Gasteiger partial charge in [0.2, 0.25) is 0 Å². The Labute approximate surface area is 136 Å². The summed E-state index contributed by atoms with van der Waals surface area (Å²) in [4.78, 5) is 15.6. The molecule has 2 rings (SSSR count). The number of aliphatic hydroxyl groups is 1. The van der Waals surface area contributed by atoms with Crippen LogP contribution in [0.3, 0.4) is 0 Å². The number of halogens is 1. The predicted octanol–water partition coefficient (Wildman–Crippen LogP) is 3.39. The molecule has 0 bridgehead atoms. The zero-order valence-corrected chi connectivity index (χ0v) is 14.0. The first-order valence-corrected chi connectivity index (χ1v) is 8.33. The van der Waals surface area contributed by atoms with Crippen molar-refractivity contribution in [1.29, 1.82) is 0 Å². The van der Waals surface area contributed by atoms with E-state index in [1.807, 2.05) is 23.8 Å². The molecule has 0 fully saturated rings. The van der Waals surface area contributed by atoms with Gasteiger partial charge >= 0.3 is 0 Å². The summed E-state index contributed by atoms with van der Waals surface area (Å²) in [6.07, 6.45) is 0. The van der Waals surface area contributed by atoms with Gasteiger partial charge in [0.25, 0.3) is 5.91 Å². The molecule has 0 aliphatic carbocycles. The number of aliphatic hydroxyl groups excluding tert-OH is 1. The minimum absolute atomic E-state index is 0.0745. The Morgan fingerprint density at radius 2 is 2.19 bits per heavy atom. The second kappa shape index (κ2) is 7.10. The second-order valence-corrected chi connectivity index (χ2v) is 6.74. The average molecular weight is 340 g/mol. The molecule has 6 heteroatoms. The molecule has 0 aromatic carbocycles. The number of nitrogens with zero attached hydrogens (tertiary/aromatic N) is 1. The molecule has 1 amide bonds. The van der Waals surface area contributed by atoms with Gasteiger partial charge in [-0.15, -0.1) is 22.7 Å². The van der Waals surface area contributed by atoms with E-state index in [4.69, 9.17) is 16.7 Å². The van der Waals surface area contributed by atoms with Crippen molar-refractivity contribution in [3.8, 4) is 11.8 Å². The van der Waals surface area contributed by atoms with Crippen molar-refractivity contribution in [2.24, 2.45) is 0 Å². The largest absolute Gasteiger partial charge is 0.384 e. The van der Waals surface area contributed by atoms with Crippen LogP contribution in [0, 0.1) is 18.8 Å². The SMILES string of the molecule is Cc1csc(C(=O)N(C)Cc2cc(C#CCO)cs2)c1Cl. The van der Waals surface area contributed by atoms with Gasteiger partial charge in [0.15, 0.2) is 0 Å². The Morgan fingerprint density at radius 1 is 1.43 bits per heavy atom. The van der Waals surface area contributed by atoms with Crippen LogP contribution in [-0.4, -0.2) is 29.6 Å². The number of thiophene rings is 2. The number of carbonyl (C=O) groups excluding carboxylic acids is 1. The highest BCUT2D eigenvalue weighted by Gasteiger charge is 2.19. The second-order valence-electron chi connectivity index (χ2n) is 4.48. The molecule has 0 unspecified atom stereocenters. The Morgan fingerprint density at radius 3 is 2.81 bits per heavy atom. The van der Waals surface area contributed by atoms with Gasteiger partial charge in [-0.3, -0.25) is 4.79 Å². The minimum Gasteiger partial charge on any atom is -0.384 e. The van der Waals surface area contributed by atoms with Crippen molar-refractivity contribution in [2.75, 3.05) is 13.7 Å². The van der Waals surface area contributed by atoms with Gasteiger partial charge in [-0.05, 0) is 23.9 Å². The Kier molecular flexibility index (Phi) is 5.43. The fourth-order valence-corrected chi connectivity index (χ4v) is 3.86. The summed E-state index contributed by atoms with van der Waals surface area (Å²) in [5.74, 6) is 5.38. The summed E-state index contributed by atoms with van der Waals surface area (Å²) in [6.45, 7) is 2.25. The van der Waals surface area contributed by atoms with E-state index in [2.05, 4.69) is 11.8 Å². The van der Waals surface area contributed by atoms with Crippen LogP contribution in [0.4, 0.5) is 0 Å². The van der Waals surface area contributed by atoms with Gasteiger partial charge in [0.05, 0.1) is 11.6 Å². The van der Waals surface area contributed by atoms with E-state index >= 15 is 0 Å². The highest BCUT2D eigenvalue weighted by Crippen LogP contribution is 2.28. The lowest BCUT2D eigenvalue weighted by Crippen LogP contribution is -2.25. The molecule has 2 heterocycles. The zero-order valence-electron chi connectivity index (χ0n) is 11.6. The van der Waals surface area contributed by atoms with Crippen molar-refractivity contribution < 1.29 is 9.90 Å². The molecule has 3 nitrogen and oxygen atoms in total. The smallest absolute Gasteiger partial charge is 0.265 e. The van der Waals surface area contributed by atoms with E-state index in [0.717, 1.165) is 16.0 Å². The normalized spacial score (nSPS) is 10.1. The van der Waals surface area contributed by atoms with E-state index < -0.39 is 0 Å². The van der Waals surface area contributed by atoms with Crippen molar-refractivity contribution in [2.45, 2.75) is 13.5 Å². The van der Waals surface area contributed by atoms with Crippen molar-refractivity contribution >= 4 is 40.2 Å². The van der Waals surface area contributed by atoms with Gasteiger partial charge in [-0.2, -0.15) is 0 Å². The number of amides is 1. The van der Waals surface area contributed by atoms with Crippen molar-refractivity contribution in [3.05, 3.63) is 42.7 Å². The number of carbonyl (C=O) groups is 1. The molecule has 110 valence electrons. The lowest BCUT2D eigenvalue weighted by Gasteiger charge is -2.15. The monoisotopic (exact) mass is 339 g/mol. The molecule has 2 aromatic heterocycles. The highest BCUT2D eigenvalue weighted by atomic mass is 35.5. The van der Waals surface area contributed by atoms with Crippen LogP contribution in [0.5, 0.6) is 0 Å². The molecular formula is C15H14ClNO2S2. The van der Waals surface area contributed by atoms with Crippen LogP contribution in [0.2, 0.25) is 5.02 Å². The minimum atomic E-state index is -0.153. The van der Waals surface area contributed by atoms with Gasteiger partial charge in [0, 0.05) is 22.9 Å². The van der Waals surface area contributed by atoms with Crippen LogP contribution < -0.4 is 0 Å². The maximum Gasteiger partial charge on any atom is 0.265 e. The van der Waals surface area contributed by atoms with Gasteiger partial charge in [-0.1, -0.05) is 23.4 Å². The summed E-state index contributed by atoms with van der Waals surface area (Å²) in [7, 11) is 1.76. The van der Waals surface area contributed by atoms with Crippen LogP contribution in [0.25, 0.3) is 0 Å². The topological polar surface area (TPSA) is 40.5 Å². The fourth-order valence-electron chi connectivity index (χ4n) is 1.72. The number of rotatable bonds is 3. The molecule has 0 atom stereocenters. The van der Waals surface area contributed by atoms with Crippen LogP contribution in [0.1, 0.15) is 25.7 Å². The van der Waals surface area contributed by atoms with Gasteiger partial charge in [-0.25, -0.2) is 0 Å². The Balaban J connectivity index is 2.07. The lowest BCUT2D eigenvalue weighted by atomic mass is 10.3. The molecule has 0 aliphatic rings. The third kappa shape index (κ3) is 3.86. The maximum absolute atomic E-state index is 12.4. The molecule has 0 saturated carbocycles. The standard InChI is InChI=1S/C15H14ClNO2S2/c1-10-8-21-14(13(10)16)15(19)17(2)7-12-6-11(9-20-12)4-3-5-18/h6,8-9,18H,5,7H2,1-2H3. The van der Waals surface area contributed by atoms with Crippen LogP contribution in [-0.2, 0) is 6.54 Å². The van der Waals surface area contributed by atoms with E-state index in [9.17, 15) is 4.79 Å². The molecule has 21 heavy (non-hydrogen) atoms. The third-order valence-electron chi connectivity index (χ3n) is 2.80. The molecule has 1 N–H and O–H groups in total. The van der Waals surface area contributed by atoms with Crippen LogP contribution in [0.15, 0.2) is 16.8 Å². The number of hydrogen-bond acceptors (Lipinski definition) is 4. The molecule has 0 saturated heterocycles. The van der Waals surface area contributed by atoms with E-state index in [-0.39, 0.29) is 12.5 Å². The zero-order chi connectivity index (χ0) is 15.4. The summed E-state index contributed by atoms with van der Waals surface area (Å²) in [5, 5.41) is 13.0. The number of hydrogen-bond donors (Lipinski definition) is 1. The molecule has 2 aromatic rings. The number of aryl methyl sites for hydroxylation is 1. The van der Waals surface area contributed by atoms with Crippen molar-refractivity contribution in [1.82, 2.24) is 4.90 Å². The first-order chi connectivity index (χ1) is 10.0. The van der Waals surface area contributed by atoms with E-state index in [0.29, 0.717) is 16.4 Å². The third-order valence-corrected chi connectivity index (χ3v) is 5.41. The summed E-state index contributed by atoms with van der Waals surface area (Å²) in [6, 6.07) is 1.93. The first kappa shape index (κ1) is 16.1. The molecule has 0 aliphatic heterocycles. The van der Waals surface area contributed by atoms with Gasteiger partial charge in [0.1, 0.15) is 11.5 Å². The average Bonchev–Trinajstić information content (AvgIpc) is 3.04. The summed E-state index contributed by atoms with van der Waals surface area (Å²) in [5.41, 5.74) is 1.78.